The lowest BCUT2D eigenvalue weighted by atomic mass is 10.2. The van der Waals surface area contributed by atoms with Crippen LogP contribution in [0, 0.1) is 10.1 Å². The summed E-state index contributed by atoms with van der Waals surface area (Å²) in [5.74, 6) is 0.0870. The van der Waals surface area contributed by atoms with Crippen LogP contribution in [0.1, 0.15) is 5.56 Å². The Bertz CT molecular complexity index is 945. The Hall–Kier alpha value is -2.66. The van der Waals surface area contributed by atoms with Crippen molar-refractivity contribution < 1.29 is 22.8 Å². The van der Waals surface area contributed by atoms with Crippen LogP contribution in [0.2, 0.25) is 0 Å². The Kier molecular flexibility index (Phi) is 6.16. The second kappa shape index (κ2) is 8.15. The van der Waals surface area contributed by atoms with Crippen molar-refractivity contribution in [1.29, 1.82) is 0 Å². The first-order valence-electron chi connectivity index (χ1n) is 6.99. The van der Waals surface area contributed by atoms with Crippen LogP contribution in [0.3, 0.4) is 0 Å². The highest BCUT2D eigenvalue weighted by molar-refractivity contribution is 9.10. The number of rotatable bonds is 7. The molecule has 0 amide bonds. The number of benzene rings is 2. The van der Waals surface area contributed by atoms with Gasteiger partial charge in [-0.2, -0.15) is 13.5 Å². The number of hydrogen-bond acceptors (Lipinski definition) is 7. The normalized spacial score (nSPS) is 11.3. The number of nitrogens with one attached hydrogen (secondary N) is 1. The number of ether oxygens (including phenoxy) is 2. The molecule has 0 aliphatic heterocycles. The predicted molar refractivity (Wildman–Crippen MR) is 98.3 cm³/mol. The molecule has 0 atom stereocenters. The minimum absolute atomic E-state index is 0.0242. The number of hydrogen-bond donors (Lipinski definition) is 1. The molecule has 0 aliphatic rings. The van der Waals surface area contributed by atoms with Gasteiger partial charge in [-0.3, -0.25) is 10.1 Å². The van der Waals surface area contributed by atoms with Crippen LogP contribution >= 0.6 is 15.9 Å². The zero-order valence-electron chi connectivity index (χ0n) is 13.7. The second-order valence-corrected chi connectivity index (χ2v) is 7.42. The molecule has 26 heavy (non-hydrogen) atoms. The molecule has 138 valence electrons. The number of hydrazone groups is 1. The molecule has 0 aromatic heterocycles. The van der Waals surface area contributed by atoms with Crippen molar-refractivity contribution in [3.63, 3.8) is 0 Å². The van der Waals surface area contributed by atoms with Crippen LogP contribution in [0.25, 0.3) is 0 Å². The van der Waals surface area contributed by atoms with E-state index in [-0.39, 0.29) is 27.6 Å². The van der Waals surface area contributed by atoms with E-state index in [0.29, 0.717) is 0 Å². The highest BCUT2D eigenvalue weighted by atomic mass is 79.9. The van der Waals surface area contributed by atoms with Crippen molar-refractivity contribution in [2.75, 3.05) is 14.2 Å². The van der Waals surface area contributed by atoms with Gasteiger partial charge in [0.1, 0.15) is 0 Å². The number of halogens is 1. The number of nitro benzene ring substituents is 1. The average molecular weight is 444 g/mol. The third-order valence-electron chi connectivity index (χ3n) is 3.19. The molecule has 2 rings (SSSR count). The van der Waals surface area contributed by atoms with Gasteiger partial charge in [0.25, 0.3) is 10.0 Å². The van der Waals surface area contributed by atoms with Gasteiger partial charge in [-0.05, 0) is 30.3 Å². The van der Waals surface area contributed by atoms with E-state index in [1.165, 1.54) is 38.5 Å². The summed E-state index contributed by atoms with van der Waals surface area (Å²) in [6.45, 7) is 0. The van der Waals surface area contributed by atoms with Gasteiger partial charge in [-0.25, -0.2) is 4.83 Å². The Labute approximate surface area is 158 Å². The maximum absolute atomic E-state index is 12.1. The highest BCUT2D eigenvalue weighted by Gasteiger charge is 2.21. The molecular weight excluding hydrogens is 430 g/mol. The van der Waals surface area contributed by atoms with E-state index in [1.807, 2.05) is 4.83 Å². The molecule has 0 radical (unpaired) electrons. The van der Waals surface area contributed by atoms with E-state index in [9.17, 15) is 18.5 Å². The summed E-state index contributed by atoms with van der Waals surface area (Å²) in [6, 6.07) is 8.60. The van der Waals surface area contributed by atoms with Crippen LogP contribution in [0.5, 0.6) is 11.5 Å². The fraction of sp³-hybridized carbons (Fsp3) is 0.133. The lowest BCUT2D eigenvalue weighted by Gasteiger charge is -2.08. The summed E-state index contributed by atoms with van der Waals surface area (Å²) in [6.07, 6.45) is 1.13. The molecule has 9 nitrogen and oxygen atoms in total. The summed E-state index contributed by atoms with van der Waals surface area (Å²) in [4.78, 5) is 12.6. The van der Waals surface area contributed by atoms with Gasteiger partial charge >= 0.3 is 5.69 Å². The molecule has 0 heterocycles. The zero-order chi connectivity index (χ0) is 19.3. The molecule has 2 aromatic rings. The van der Waals surface area contributed by atoms with Crippen molar-refractivity contribution in [1.82, 2.24) is 4.83 Å². The second-order valence-electron chi connectivity index (χ2n) is 4.84. The van der Waals surface area contributed by atoms with Crippen molar-refractivity contribution in [2.45, 2.75) is 4.90 Å². The minimum atomic E-state index is -3.86. The van der Waals surface area contributed by atoms with E-state index in [1.54, 1.807) is 12.1 Å². The molecule has 0 aliphatic carbocycles. The summed E-state index contributed by atoms with van der Waals surface area (Å²) in [5, 5.41) is 14.8. The standard InChI is InChI=1S/C15H14BrN3O6S/c1-24-14-8-10(7-13(19(20)21)15(14)25-2)9-17-18-26(22,23)12-5-3-11(16)4-6-12/h3-9,18H,1-2H3/b17-9+. The zero-order valence-corrected chi connectivity index (χ0v) is 16.1. The summed E-state index contributed by atoms with van der Waals surface area (Å²) in [7, 11) is -1.25. The third kappa shape index (κ3) is 4.49. The van der Waals surface area contributed by atoms with Crippen molar-refractivity contribution >= 4 is 37.9 Å². The van der Waals surface area contributed by atoms with E-state index >= 15 is 0 Å². The van der Waals surface area contributed by atoms with Gasteiger partial charge in [0.15, 0.2) is 5.75 Å². The van der Waals surface area contributed by atoms with Crippen LogP contribution in [-0.2, 0) is 10.0 Å². The van der Waals surface area contributed by atoms with Gasteiger partial charge in [-0.1, -0.05) is 15.9 Å². The van der Waals surface area contributed by atoms with E-state index in [2.05, 4.69) is 21.0 Å². The van der Waals surface area contributed by atoms with E-state index in [4.69, 9.17) is 9.47 Å². The van der Waals surface area contributed by atoms with E-state index < -0.39 is 14.9 Å². The van der Waals surface area contributed by atoms with E-state index in [0.717, 1.165) is 10.7 Å². The summed E-state index contributed by atoms with van der Waals surface area (Å²) >= 11 is 3.22. The minimum Gasteiger partial charge on any atom is -0.493 e. The topological polar surface area (TPSA) is 120 Å². The maximum Gasteiger partial charge on any atom is 0.315 e. The Morgan fingerprint density at radius 2 is 1.85 bits per heavy atom. The van der Waals surface area contributed by atoms with Gasteiger partial charge < -0.3 is 9.47 Å². The average Bonchev–Trinajstić information content (AvgIpc) is 2.61. The summed E-state index contributed by atoms with van der Waals surface area (Å²) in [5.41, 5.74) is -0.0723. The van der Waals surface area contributed by atoms with Crippen LogP contribution in [0.4, 0.5) is 5.69 Å². The van der Waals surface area contributed by atoms with Gasteiger partial charge in [0.05, 0.1) is 30.3 Å². The summed E-state index contributed by atoms with van der Waals surface area (Å²) < 4.78 is 35.1. The largest absolute Gasteiger partial charge is 0.493 e. The Morgan fingerprint density at radius 1 is 1.19 bits per heavy atom. The molecule has 0 bridgehead atoms. The molecule has 0 saturated carbocycles. The molecule has 1 N–H and O–H groups in total. The van der Waals surface area contributed by atoms with Gasteiger partial charge in [0, 0.05) is 16.1 Å². The Balaban J connectivity index is 2.29. The number of methoxy groups -OCH3 is 2. The monoisotopic (exact) mass is 443 g/mol. The van der Waals surface area contributed by atoms with Crippen LogP contribution < -0.4 is 14.3 Å². The number of nitrogens with zero attached hydrogens (tertiary/aromatic N) is 2. The highest BCUT2D eigenvalue weighted by Crippen LogP contribution is 2.37. The lowest BCUT2D eigenvalue weighted by molar-refractivity contribution is -0.385. The molecule has 2 aromatic carbocycles. The first kappa shape index (κ1) is 19.7. The molecule has 0 saturated heterocycles. The molecule has 0 spiro atoms. The van der Waals surface area contributed by atoms with Gasteiger partial charge in [0.2, 0.25) is 5.75 Å². The number of sulfonamides is 1. The Morgan fingerprint density at radius 3 is 2.38 bits per heavy atom. The fourth-order valence-electron chi connectivity index (χ4n) is 2.01. The van der Waals surface area contributed by atoms with Crippen molar-refractivity contribution in [2.24, 2.45) is 5.10 Å². The first-order valence-corrected chi connectivity index (χ1v) is 9.27. The van der Waals surface area contributed by atoms with Crippen molar-refractivity contribution in [3.8, 4) is 11.5 Å². The molecular formula is C15H14BrN3O6S. The van der Waals surface area contributed by atoms with Crippen molar-refractivity contribution in [3.05, 3.63) is 56.5 Å². The molecule has 11 heteroatoms. The number of nitro groups is 1. The quantitative estimate of drug-likeness (QED) is 0.398. The lowest BCUT2D eigenvalue weighted by Crippen LogP contribution is -2.18. The fourth-order valence-corrected chi connectivity index (χ4v) is 3.07. The molecule has 0 unspecified atom stereocenters. The van der Waals surface area contributed by atoms with Crippen LogP contribution in [0.15, 0.2) is 50.9 Å². The van der Waals surface area contributed by atoms with Gasteiger partial charge in [-0.15, -0.1) is 0 Å². The first-order chi connectivity index (χ1) is 12.3. The SMILES string of the molecule is COc1cc(/C=N/NS(=O)(=O)c2ccc(Br)cc2)cc([N+](=O)[O-])c1OC. The third-order valence-corrected chi connectivity index (χ3v) is 4.96. The van der Waals surface area contributed by atoms with Crippen LogP contribution in [-0.4, -0.2) is 33.8 Å². The maximum atomic E-state index is 12.1. The predicted octanol–water partition coefficient (Wildman–Crippen LogP) is 2.69. The smallest absolute Gasteiger partial charge is 0.315 e. The molecule has 0 fully saturated rings.